The SMILES string of the molecule is CCC(N)SS.Cl.Cl. The predicted molar refractivity (Wildman–Crippen MR) is 49.3 cm³/mol. The first-order valence-electron chi connectivity index (χ1n) is 1.87. The van der Waals surface area contributed by atoms with Crippen molar-refractivity contribution in [1.29, 1.82) is 0 Å². The van der Waals surface area contributed by atoms with Gasteiger partial charge in [0, 0.05) is 0 Å². The van der Waals surface area contributed by atoms with Crippen molar-refractivity contribution >= 4 is 47.3 Å². The van der Waals surface area contributed by atoms with E-state index >= 15 is 0 Å². The van der Waals surface area contributed by atoms with Crippen molar-refractivity contribution in [3.05, 3.63) is 0 Å². The summed E-state index contributed by atoms with van der Waals surface area (Å²) in [5.41, 5.74) is 5.36. The van der Waals surface area contributed by atoms with Crippen molar-refractivity contribution in [3.8, 4) is 0 Å². The Hall–Kier alpha value is 1.24. The van der Waals surface area contributed by atoms with E-state index in [0.717, 1.165) is 6.42 Å². The van der Waals surface area contributed by atoms with Crippen LogP contribution in [0.1, 0.15) is 13.3 Å². The third kappa shape index (κ3) is 10.3. The summed E-state index contributed by atoms with van der Waals surface area (Å²) in [4.78, 5) is 0. The molecular weight excluding hydrogens is 185 g/mol. The molecule has 1 unspecified atom stereocenters. The van der Waals surface area contributed by atoms with Gasteiger partial charge in [0.1, 0.15) is 0 Å². The molecule has 0 aliphatic heterocycles. The van der Waals surface area contributed by atoms with E-state index in [1.807, 2.05) is 6.92 Å². The Kier molecular flexibility index (Phi) is 22.3. The quantitative estimate of drug-likeness (QED) is 0.402. The van der Waals surface area contributed by atoms with Crippen LogP contribution in [-0.2, 0) is 0 Å². The smallest absolute Gasteiger partial charge is 0.0606 e. The second-order valence-electron chi connectivity index (χ2n) is 1.05. The Morgan fingerprint density at radius 2 is 2.00 bits per heavy atom. The van der Waals surface area contributed by atoms with Gasteiger partial charge in [-0.05, 0) is 6.42 Å². The molecule has 0 spiro atoms. The zero-order valence-electron chi connectivity index (χ0n) is 4.53. The first-order valence-corrected chi connectivity index (χ1v) is 3.80. The van der Waals surface area contributed by atoms with Crippen LogP contribution in [-0.4, -0.2) is 5.37 Å². The molecule has 0 heterocycles. The van der Waals surface area contributed by atoms with E-state index in [1.54, 1.807) is 0 Å². The first-order chi connectivity index (χ1) is 2.81. The molecule has 1 nitrogen and oxygen atoms in total. The van der Waals surface area contributed by atoms with E-state index in [1.165, 1.54) is 10.8 Å². The van der Waals surface area contributed by atoms with Crippen LogP contribution in [0.25, 0.3) is 0 Å². The molecule has 0 amide bonds. The van der Waals surface area contributed by atoms with Gasteiger partial charge in [-0.25, -0.2) is 0 Å². The first kappa shape index (κ1) is 16.1. The lowest BCUT2D eigenvalue weighted by Crippen LogP contribution is -2.10. The summed E-state index contributed by atoms with van der Waals surface area (Å²) >= 11 is 3.89. The molecule has 0 aliphatic rings. The average Bonchev–Trinajstić information content (AvgIpc) is 1.65. The van der Waals surface area contributed by atoms with E-state index in [4.69, 9.17) is 5.73 Å². The van der Waals surface area contributed by atoms with Crippen LogP contribution >= 0.6 is 47.3 Å². The minimum Gasteiger partial charge on any atom is -0.319 e. The van der Waals surface area contributed by atoms with Gasteiger partial charge in [0.05, 0.1) is 5.37 Å². The maximum Gasteiger partial charge on any atom is 0.0606 e. The molecule has 54 valence electrons. The Morgan fingerprint density at radius 3 is 2.00 bits per heavy atom. The number of nitrogens with two attached hydrogens (primary N) is 1. The molecule has 0 saturated heterocycles. The van der Waals surface area contributed by atoms with Crippen LogP contribution in [0.2, 0.25) is 0 Å². The van der Waals surface area contributed by atoms with Gasteiger partial charge in [-0.2, -0.15) is 0 Å². The molecule has 5 heteroatoms. The average molecular weight is 196 g/mol. The van der Waals surface area contributed by atoms with Gasteiger partial charge in [-0.3, -0.25) is 0 Å². The third-order valence-electron chi connectivity index (χ3n) is 0.538. The topological polar surface area (TPSA) is 26.0 Å². The highest BCUT2D eigenvalue weighted by molar-refractivity contribution is 8.68. The maximum atomic E-state index is 5.36. The van der Waals surface area contributed by atoms with E-state index in [-0.39, 0.29) is 30.2 Å². The van der Waals surface area contributed by atoms with Crippen LogP contribution in [0.15, 0.2) is 0 Å². The molecule has 0 fully saturated rings. The monoisotopic (exact) mass is 195 g/mol. The van der Waals surface area contributed by atoms with Crippen LogP contribution in [0.4, 0.5) is 0 Å². The van der Waals surface area contributed by atoms with Crippen molar-refractivity contribution < 1.29 is 0 Å². The molecule has 1 atom stereocenters. The molecular formula is C3H11Cl2NS2. The highest BCUT2D eigenvalue weighted by Gasteiger charge is 1.90. The van der Waals surface area contributed by atoms with Crippen molar-refractivity contribution in [1.82, 2.24) is 0 Å². The molecule has 0 rings (SSSR count). The number of hydrogen-bond acceptors (Lipinski definition) is 3. The lowest BCUT2D eigenvalue weighted by atomic mass is 10.5. The van der Waals surface area contributed by atoms with Gasteiger partial charge < -0.3 is 5.73 Å². The van der Waals surface area contributed by atoms with E-state index in [0.29, 0.717) is 0 Å². The third-order valence-corrected chi connectivity index (χ3v) is 1.95. The standard InChI is InChI=1S/C3H9NS2.2ClH/c1-2-3(4)6-5;;/h3,5H,2,4H2,1H3;2*1H. The Balaban J connectivity index is -0.000000125. The van der Waals surface area contributed by atoms with E-state index in [9.17, 15) is 0 Å². The molecule has 2 N–H and O–H groups in total. The van der Waals surface area contributed by atoms with Gasteiger partial charge in [-0.1, -0.05) is 17.7 Å². The molecule has 0 aromatic heterocycles. The van der Waals surface area contributed by atoms with Crippen LogP contribution in [0, 0.1) is 0 Å². The number of rotatable bonds is 2. The summed E-state index contributed by atoms with van der Waals surface area (Å²) in [5.74, 6) is 0. The fourth-order valence-corrected chi connectivity index (χ4v) is 0.671. The zero-order chi connectivity index (χ0) is 4.99. The molecule has 0 aromatic carbocycles. The van der Waals surface area contributed by atoms with Gasteiger partial charge >= 0.3 is 0 Å². The van der Waals surface area contributed by atoms with Gasteiger partial charge in [0.15, 0.2) is 0 Å². The molecule has 8 heavy (non-hydrogen) atoms. The van der Waals surface area contributed by atoms with Crippen molar-refractivity contribution in [2.24, 2.45) is 5.73 Å². The molecule has 0 radical (unpaired) electrons. The van der Waals surface area contributed by atoms with Crippen molar-refractivity contribution in [2.45, 2.75) is 18.7 Å². The van der Waals surface area contributed by atoms with Crippen LogP contribution in [0.5, 0.6) is 0 Å². The molecule has 0 bridgehead atoms. The van der Waals surface area contributed by atoms with Crippen molar-refractivity contribution in [3.63, 3.8) is 0 Å². The van der Waals surface area contributed by atoms with Crippen LogP contribution < -0.4 is 5.73 Å². The summed E-state index contributed by atoms with van der Waals surface area (Å²) in [7, 11) is 1.40. The van der Waals surface area contributed by atoms with Gasteiger partial charge in [0.2, 0.25) is 0 Å². The minimum absolute atomic E-state index is 0. The largest absolute Gasteiger partial charge is 0.319 e. The fraction of sp³-hybridized carbons (Fsp3) is 1.00. The lowest BCUT2D eigenvalue weighted by Gasteiger charge is -1.98. The summed E-state index contributed by atoms with van der Waals surface area (Å²) < 4.78 is 0. The maximum absolute atomic E-state index is 5.36. The number of hydrogen-bond donors (Lipinski definition) is 2. The number of thiol groups is 1. The zero-order valence-corrected chi connectivity index (χ0v) is 7.88. The molecule has 0 aliphatic carbocycles. The minimum atomic E-state index is 0. The normalized spacial score (nSPS) is 10.9. The van der Waals surface area contributed by atoms with Gasteiger partial charge in [-0.15, -0.1) is 36.5 Å². The second kappa shape index (κ2) is 11.1. The fourth-order valence-electron chi connectivity index (χ4n) is 0.0745. The second-order valence-corrected chi connectivity index (χ2v) is 2.50. The van der Waals surface area contributed by atoms with E-state index in [2.05, 4.69) is 11.7 Å². The highest BCUT2D eigenvalue weighted by atomic mass is 35.5. The lowest BCUT2D eigenvalue weighted by molar-refractivity contribution is 0.874. The van der Waals surface area contributed by atoms with Crippen molar-refractivity contribution in [2.75, 3.05) is 0 Å². The molecule has 0 aromatic rings. The van der Waals surface area contributed by atoms with E-state index < -0.39 is 0 Å². The predicted octanol–water partition coefficient (Wildman–Crippen LogP) is 2.10. The summed E-state index contributed by atoms with van der Waals surface area (Å²) in [6, 6.07) is 0. The number of halogens is 2. The molecule has 0 saturated carbocycles. The highest BCUT2D eigenvalue weighted by Crippen LogP contribution is 2.11. The van der Waals surface area contributed by atoms with Gasteiger partial charge in [0.25, 0.3) is 0 Å². The summed E-state index contributed by atoms with van der Waals surface area (Å²) in [6.07, 6.45) is 0.994. The summed E-state index contributed by atoms with van der Waals surface area (Å²) in [5, 5.41) is 0.216. The van der Waals surface area contributed by atoms with Crippen LogP contribution in [0.3, 0.4) is 0 Å². The summed E-state index contributed by atoms with van der Waals surface area (Å²) in [6.45, 7) is 2.04. The Labute approximate surface area is 71.8 Å². The Bertz CT molecular complexity index is 34.5. The Morgan fingerprint density at radius 1 is 1.62 bits per heavy atom.